The van der Waals surface area contributed by atoms with Gasteiger partial charge in [-0.25, -0.2) is 4.98 Å². The molecule has 3 rings (SSSR count). The summed E-state index contributed by atoms with van der Waals surface area (Å²) in [7, 11) is 0. The Hall–Kier alpha value is -3.25. The summed E-state index contributed by atoms with van der Waals surface area (Å²) in [5.41, 5.74) is 10.1. The smallest absolute Gasteiger partial charge is 0.310 e. The molecule has 0 atom stereocenters. The molecule has 32 heavy (non-hydrogen) atoms. The first kappa shape index (κ1) is 23.4. The molecule has 3 aromatic rings. The van der Waals surface area contributed by atoms with Crippen LogP contribution in [-0.4, -0.2) is 27.4 Å². The number of benzene rings is 2. The molecule has 0 saturated carbocycles. The first-order valence-corrected chi connectivity index (χ1v) is 10.6. The number of nitrogens with zero attached hydrogens (tertiary/aromatic N) is 2. The van der Waals surface area contributed by atoms with Gasteiger partial charge in [0.15, 0.2) is 0 Å². The van der Waals surface area contributed by atoms with Crippen molar-refractivity contribution >= 4 is 23.5 Å². The van der Waals surface area contributed by atoms with Crippen molar-refractivity contribution in [3.05, 3.63) is 70.1 Å². The average Bonchev–Trinajstić information content (AvgIpc) is 2.67. The molecule has 6 nitrogen and oxygen atoms in total. The minimum Gasteiger partial charge on any atom is -0.460 e. The Kier molecular flexibility index (Phi) is 6.65. The number of nitrogens with two attached hydrogens (primary N) is 1. The second kappa shape index (κ2) is 9.09. The molecule has 2 N–H and O–H groups in total. The highest BCUT2D eigenvalue weighted by atomic mass is 35.5. The predicted octanol–water partition coefficient (Wildman–Crippen LogP) is 5.06. The summed E-state index contributed by atoms with van der Waals surface area (Å²) in [4.78, 5) is 32.5. The summed E-state index contributed by atoms with van der Waals surface area (Å²) < 4.78 is 5.37. The van der Waals surface area contributed by atoms with E-state index in [1.807, 2.05) is 70.2 Å². The maximum atomic E-state index is 12.0. The van der Waals surface area contributed by atoms with Crippen LogP contribution in [0.4, 0.5) is 0 Å². The van der Waals surface area contributed by atoms with Gasteiger partial charge in [-0.2, -0.15) is 0 Å². The van der Waals surface area contributed by atoms with Crippen molar-refractivity contribution in [3.63, 3.8) is 0 Å². The Morgan fingerprint density at radius 3 is 2.16 bits per heavy atom. The monoisotopic (exact) mass is 451 g/mol. The van der Waals surface area contributed by atoms with Crippen LogP contribution in [0.25, 0.3) is 22.4 Å². The number of carbonyl (C=O) groups excluding carboxylic acids is 2. The lowest BCUT2D eigenvalue weighted by Crippen LogP contribution is -2.24. The third-order valence-corrected chi connectivity index (χ3v) is 5.07. The van der Waals surface area contributed by atoms with E-state index in [1.165, 1.54) is 0 Å². The topological polar surface area (TPSA) is 95.2 Å². The van der Waals surface area contributed by atoms with Gasteiger partial charge in [0.25, 0.3) is 5.91 Å². The average molecular weight is 452 g/mol. The molecule has 1 aromatic heterocycles. The van der Waals surface area contributed by atoms with Crippen LogP contribution in [0.2, 0.25) is 5.02 Å². The van der Waals surface area contributed by atoms with Gasteiger partial charge >= 0.3 is 5.97 Å². The molecule has 0 bridgehead atoms. The molecular formula is C25H26ClN3O3. The summed E-state index contributed by atoms with van der Waals surface area (Å²) in [6, 6.07) is 13.3. The van der Waals surface area contributed by atoms with E-state index in [4.69, 9.17) is 22.1 Å². The largest absolute Gasteiger partial charge is 0.460 e. The summed E-state index contributed by atoms with van der Waals surface area (Å²) in [5.74, 6) is -0.891. The third kappa shape index (κ3) is 5.51. The zero-order valence-electron chi connectivity index (χ0n) is 18.8. The SMILES string of the molecule is Cc1nc(C)c(-c2ccc(-c3ccc(CC(=O)OC(C)(C)C)cc3)cc2Cl)nc1C(N)=O. The normalized spacial score (nSPS) is 11.3. The van der Waals surface area contributed by atoms with Gasteiger partial charge in [-0.05, 0) is 57.4 Å². The molecule has 0 aliphatic heterocycles. The zero-order chi connectivity index (χ0) is 23.6. The van der Waals surface area contributed by atoms with Crippen molar-refractivity contribution in [2.75, 3.05) is 0 Å². The van der Waals surface area contributed by atoms with E-state index >= 15 is 0 Å². The fraction of sp³-hybridized carbons (Fsp3) is 0.280. The lowest BCUT2D eigenvalue weighted by Gasteiger charge is -2.19. The number of esters is 1. The molecule has 7 heteroatoms. The van der Waals surface area contributed by atoms with Gasteiger partial charge in [-0.1, -0.05) is 48.0 Å². The number of aryl methyl sites for hydroxylation is 2. The van der Waals surface area contributed by atoms with Crippen LogP contribution in [0.1, 0.15) is 48.2 Å². The highest BCUT2D eigenvalue weighted by Crippen LogP contribution is 2.33. The summed E-state index contributed by atoms with van der Waals surface area (Å²) in [5, 5.41) is 0.483. The van der Waals surface area contributed by atoms with Crippen molar-refractivity contribution < 1.29 is 14.3 Å². The van der Waals surface area contributed by atoms with Gasteiger partial charge in [-0.15, -0.1) is 0 Å². The van der Waals surface area contributed by atoms with Gasteiger partial charge in [-0.3, -0.25) is 14.6 Å². The number of rotatable bonds is 5. The van der Waals surface area contributed by atoms with E-state index in [0.717, 1.165) is 16.7 Å². The second-order valence-electron chi connectivity index (χ2n) is 8.61. The zero-order valence-corrected chi connectivity index (χ0v) is 19.6. The minimum absolute atomic E-state index is 0.131. The Bertz CT molecular complexity index is 1180. The van der Waals surface area contributed by atoms with Gasteiger partial charge in [0, 0.05) is 5.56 Å². The van der Waals surface area contributed by atoms with E-state index in [0.29, 0.717) is 27.7 Å². The molecular weight excluding hydrogens is 426 g/mol. The van der Waals surface area contributed by atoms with Crippen LogP contribution >= 0.6 is 11.6 Å². The molecule has 1 heterocycles. The third-order valence-electron chi connectivity index (χ3n) is 4.76. The first-order chi connectivity index (χ1) is 14.9. The van der Waals surface area contributed by atoms with E-state index in [9.17, 15) is 9.59 Å². The molecule has 1 amide bonds. The fourth-order valence-corrected chi connectivity index (χ4v) is 3.64. The van der Waals surface area contributed by atoms with E-state index in [-0.39, 0.29) is 18.1 Å². The van der Waals surface area contributed by atoms with Crippen molar-refractivity contribution in [2.24, 2.45) is 5.73 Å². The van der Waals surface area contributed by atoms with Crippen molar-refractivity contribution in [1.82, 2.24) is 9.97 Å². The second-order valence-corrected chi connectivity index (χ2v) is 9.02. The number of halogens is 1. The molecule has 0 aliphatic carbocycles. The summed E-state index contributed by atoms with van der Waals surface area (Å²) in [6.07, 6.45) is 0.213. The number of amides is 1. The molecule has 0 aliphatic rings. The van der Waals surface area contributed by atoms with Crippen LogP contribution in [-0.2, 0) is 16.0 Å². The molecule has 0 spiro atoms. The van der Waals surface area contributed by atoms with Crippen molar-refractivity contribution in [3.8, 4) is 22.4 Å². The highest BCUT2D eigenvalue weighted by Gasteiger charge is 2.18. The summed E-state index contributed by atoms with van der Waals surface area (Å²) in [6.45, 7) is 9.05. The first-order valence-electron chi connectivity index (χ1n) is 10.2. The molecule has 166 valence electrons. The van der Waals surface area contributed by atoms with E-state index in [1.54, 1.807) is 6.92 Å². The molecule has 2 aromatic carbocycles. The number of primary amides is 1. The Morgan fingerprint density at radius 2 is 1.59 bits per heavy atom. The quantitative estimate of drug-likeness (QED) is 0.547. The predicted molar refractivity (Wildman–Crippen MR) is 125 cm³/mol. The number of aromatic nitrogens is 2. The van der Waals surface area contributed by atoms with Crippen molar-refractivity contribution in [2.45, 2.75) is 46.6 Å². The van der Waals surface area contributed by atoms with Gasteiger partial charge in [0.05, 0.1) is 28.5 Å². The Morgan fingerprint density at radius 1 is 0.969 bits per heavy atom. The van der Waals surface area contributed by atoms with Crippen LogP contribution in [0.3, 0.4) is 0 Å². The molecule has 0 unspecified atom stereocenters. The van der Waals surface area contributed by atoms with Gasteiger partial charge < -0.3 is 10.5 Å². The minimum atomic E-state index is -0.629. The maximum absolute atomic E-state index is 12.0. The maximum Gasteiger partial charge on any atom is 0.310 e. The molecule has 0 fully saturated rings. The van der Waals surface area contributed by atoms with Crippen molar-refractivity contribution in [1.29, 1.82) is 0 Å². The Balaban J connectivity index is 1.85. The lowest BCUT2D eigenvalue weighted by atomic mass is 10.00. The fourth-order valence-electron chi connectivity index (χ4n) is 3.37. The number of hydrogen-bond donors (Lipinski definition) is 1. The standard InChI is InChI=1S/C25H26ClN3O3/c1-14-22(29-23(24(27)31)15(2)28-14)19-11-10-18(13-20(19)26)17-8-6-16(7-9-17)12-21(30)32-25(3,4)5/h6-11,13H,12H2,1-5H3,(H2,27,31). The van der Waals surface area contributed by atoms with Crippen LogP contribution in [0.15, 0.2) is 42.5 Å². The number of carbonyl (C=O) groups is 2. The number of ether oxygens (including phenoxy) is 1. The van der Waals surface area contributed by atoms with E-state index in [2.05, 4.69) is 9.97 Å². The Labute approximate surface area is 192 Å². The highest BCUT2D eigenvalue weighted by molar-refractivity contribution is 6.33. The van der Waals surface area contributed by atoms with Crippen LogP contribution < -0.4 is 5.73 Å². The van der Waals surface area contributed by atoms with Crippen LogP contribution in [0, 0.1) is 13.8 Å². The van der Waals surface area contributed by atoms with Gasteiger partial charge in [0.2, 0.25) is 0 Å². The number of hydrogen-bond acceptors (Lipinski definition) is 5. The lowest BCUT2D eigenvalue weighted by molar-refractivity contribution is -0.153. The molecule has 0 radical (unpaired) electrons. The molecule has 0 saturated heterocycles. The van der Waals surface area contributed by atoms with Gasteiger partial charge in [0.1, 0.15) is 11.3 Å². The van der Waals surface area contributed by atoms with E-state index < -0.39 is 11.5 Å². The van der Waals surface area contributed by atoms with Crippen LogP contribution in [0.5, 0.6) is 0 Å². The summed E-state index contributed by atoms with van der Waals surface area (Å²) >= 11 is 6.57.